The molecule has 1 aliphatic rings. The fourth-order valence-corrected chi connectivity index (χ4v) is 2.65. The van der Waals surface area contributed by atoms with Crippen molar-refractivity contribution in [2.45, 2.75) is 12.8 Å². The van der Waals surface area contributed by atoms with E-state index in [1.54, 1.807) is 0 Å². The number of likely N-dealkylation sites (N-methyl/N-ethyl adjacent to an activating group) is 1. The molecular weight excluding hydrogens is 252 g/mol. The molecule has 1 unspecified atom stereocenters. The maximum absolute atomic E-state index is 13.9. The Balaban J connectivity index is 2.32. The Labute approximate surface area is 111 Å². The molecule has 0 aliphatic carbocycles. The third-order valence-corrected chi connectivity index (χ3v) is 3.71. The standard InChI is InChI=1S/C14H17F2NO2/c1-3-17-7-11(12(8-17)14(18)19-2)10-5-4-9(15)6-13(10)16/h4-6,11-12H,3,7-8H2,1-2H3/t11-,12?/m0/s1. The summed E-state index contributed by atoms with van der Waals surface area (Å²) in [4.78, 5) is 13.9. The topological polar surface area (TPSA) is 29.5 Å². The Hall–Kier alpha value is -1.49. The molecule has 3 nitrogen and oxygen atoms in total. The van der Waals surface area contributed by atoms with Gasteiger partial charge in [-0.3, -0.25) is 4.79 Å². The highest BCUT2D eigenvalue weighted by molar-refractivity contribution is 5.74. The number of carbonyl (C=O) groups is 1. The molecule has 0 spiro atoms. The molecule has 104 valence electrons. The summed E-state index contributed by atoms with van der Waals surface area (Å²) in [5.74, 6) is -2.24. The van der Waals surface area contributed by atoms with Gasteiger partial charge in [-0.2, -0.15) is 0 Å². The Morgan fingerprint density at radius 2 is 2.16 bits per heavy atom. The van der Waals surface area contributed by atoms with E-state index >= 15 is 0 Å². The van der Waals surface area contributed by atoms with Crippen LogP contribution in [0.4, 0.5) is 8.78 Å². The first-order valence-corrected chi connectivity index (χ1v) is 6.32. The van der Waals surface area contributed by atoms with Crippen molar-refractivity contribution >= 4 is 5.97 Å². The van der Waals surface area contributed by atoms with E-state index in [9.17, 15) is 13.6 Å². The first kappa shape index (κ1) is 13.9. The van der Waals surface area contributed by atoms with Crippen LogP contribution >= 0.6 is 0 Å². The van der Waals surface area contributed by atoms with Crippen LogP contribution in [-0.2, 0) is 9.53 Å². The highest BCUT2D eigenvalue weighted by atomic mass is 19.1. The summed E-state index contributed by atoms with van der Waals surface area (Å²) >= 11 is 0. The summed E-state index contributed by atoms with van der Waals surface area (Å²) in [5.41, 5.74) is 0.382. The Kier molecular flexibility index (Phi) is 4.14. The van der Waals surface area contributed by atoms with Gasteiger partial charge in [-0.05, 0) is 18.2 Å². The number of esters is 1. The third kappa shape index (κ3) is 2.76. The van der Waals surface area contributed by atoms with Crippen LogP contribution in [0.25, 0.3) is 0 Å². The van der Waals surface area contributed by atoms with Crippen molar-refractivity contribution < 1.29 is 18.3 Å². The second-order valence-electron chi connectivity index (χ2n) is 4.75. The van der Waals surface area contributed by atoms with Gasteiger partial charge in [-0.1, -0.05) is 13.0 Å². The number of halogens is 2. The van der Waals surface area contributed by atoms with E-state index in [1.165, 1.54) is 19.2 Å². The van der Waals surface area contributed by atoms with E-state index in [2.05, 4.69) is 4.90 Å². The molecule has 2 rings (SSSR count). The number of carbonyl (C=O) groups excluding carboxylic acids is 1. The number of ether oxygens (including phenoxy) is 1. The van der Waals surface area contributed by atoms with E-state index in [4.69, 9.17) is 4.74 Å². The summed E-state index contributed by atoms with van der Waals surface area (Å²) in [6.45, 7) is 3.90. The van der Waals surface area contributed by atoms with Gasteiger partial charge in [0, 0.05) is 25.1 Å². The zero-order chi connectivity index (χ0) is 14.0. The van der Waals surface area contributed by atoms with Gasteiger partial charge in [0.05, 0.1) is 13.0 Å². The molecule has 0 bridgehead atoms. The molecule has 1 aromatic carbocycles. The van der Waals surface area contributed by atoms with Crippen molar-refractivity contribution in [3.05, 3.63) is 35.4 Å². The summed E-state index contributed by atoms with van der Waals surface area (Å²) in [7, 11) is 1.33. The smallest absolute Gasteiger partial charge is 0.310 e. The van der Waals surface area contributed by atoms with Crippen molar-refractivity contribution in [1.29, 1.82) is 0 Å². The lowest BCUT2D eigenvalue weighted by atomic mass is 9.88. The number of rotatable bonds is 3. The first-order valence-electron chi connectivity index (χ1n) is 6.32. The van der Waals surface area contributed by atoms with Gasteiger partial charge in [0.1, 0.15) is 11.6 Å². The van der Waals surface area contributed by atoms with E-state index < -0.39 is 17.6 Å². The Bertz CT molecular complexity index is 479. The highest BCUT2D eigenvalue weighted by Gasteiger charge is 2.39. The summed E-state index contributed by atoms with van der Waals surface area (Å²) in [6.07, 6.45) is 0. The number of benzene rings is 1. The van der Waals surface area contributed by atoms with Crippen LogP contribution in [0.3, 0.4) is 0 Å². The van der Waals surface area contributed by atoms with E-state index in [0.717, 1.165) is 12.6 Å². The Morgan fingerprint density at radius 1 is 1.42 bits per heavy atom. The zero-order valence-electron chi connectivity index (χ0n) is 11.0. The SMILES string of the molecule is CCN1CC(C(=O)OC)[C@H](c2ccc(F)cc2F)C1. The van der Waals surface area contributed by atoms with Gasteiger partial charge < -0.3 is 9.64 Å². The number of hydrogen-bond acceptors (Lipinski definition) is 3. The normalized spacial score (nSPS) is 23.6. The van der Waals surface area contributed by atoms with Gasteiger partial charge in [0.2, 0.25) is 0 Å². The van der Waals surface area contributed by atoms with Crippen molar-refractivity contribution in [1.82, 2.24) is 4.90 Å². The zero-order valence-corrected chi connectivity index (χ0v) is 11.0. The fourth-order valence-electron chi connectivity index (χ4n) is 2.65. The largest absolute Gasteiger partial charge is 0.469 e. The summed E-state index contributed by atoms with van der Waals surface area (Å²) in [5, 5.41) is 0. The molecule has 0 N–H and O–H groups in total. The molecule has 1 heterocycles. The molecule has 0 radical (unpaired) electrons. The lowest BCUT2D eigenvalue weighted by Crippen LogP contribution is -2.24. The van der Waals surface area contributed by atoms with Gasteiger partial charge in [0.15, 0.2) is 0 Å². The molecule has 1 aliphatic heterocycles. The van der Waals surface area contributed by atoms with Crippen LogP contribution in [-0.4, -0.2) is 37.6 Å². The second-order valence-corrected chi connectivity index (χ2v) is 4.75. The highest BCUT2D eigenvalue weighted by Crippen LogP contribution is 2.34. The second kappa shape index (κ2) is 5.65. The van der Waals surface area contributed by atoms with E-state index in [0.29, 0.717) is 18.7 Å². The number of hydrogen-bond donors (Lipinski definition) is 0. The molecule has 2 atom stereocenters. The molecular formula is C14H17F2NO2. The number of likely N-dealkylation sites (tertiary alicyclic amines) is 1. The quantitative estimate of drug-likeness (QED) is 0.788. The lowest BCUT2D eigenvalue weighted by Gasteiger charge is -2.17. The van der Waals surface area contributed by atoms with Crippen molar-refractivity contribution in [2.75, 3.05) is 26.7 Å². The minimum Gasteiger partial charge on any atom is -0.469 e. The van der Waals surface area contributed by atoms with Crippen LogP contribution < -0.4 is 0 Å². The van der Waals surface area contributed by atoms with Crippen molar-refractivity contribution in [3.63, 3.8) is 0 Å². The van der Waals surface area contributed by atoms with Crippen LogP contribution in [0.15, 0.2) is 18.2 Å². The lowest BCUT2D eigenvalue weighted by molar-refractivity contribution is -0.145. The maximum atomic E-state index is 13.9. The number of nitrogens with zero attached hydrogens (tertiary/aromatic N) is 1. The molecule has 19 heavy (non-hydrogen) atoms. The predicted molar refractivity (Wildman–Crippen MR) is 66.7 cm³/mol. The van der Waals surface area contributed by atoms with Gasteiger partial charge in [-0.15, -0.1) is 0 Å². The van der Waals surface area contributed by atoms with Crippen LogP contribution in [0.5, 0.6) is 0 Å². The average molecular weight is 269 g/mol. The van der Waals surface area contributed by atoms with E-state index in [1.807, 2.05) is 6.92 Å². The molecule has 1 saturated heterocycles. The number of methoxy groups -OCH3 is 1. The third-order valence-electron chi connectivity index (χ3n) is 3.71. The maximum Gasteiger partial charge on any atom is 0.310 e. The van der Waals surface area contributed by atoms with E-state index in [-0.39, 0.29) is 11.9 Å². The molecule has 1 aromatic rings. The molecule has 0 amide bonds. The molecule has 5 heteroatoms. The minimum atomic E-state index is -0.610. The monoisotopic (exact) mass is 269 g/mol. The van der Waals surface area contributed by atoms with Gasteiger partial charge >= 0.3 is 5.97 Å². The molecule has 0 saturated carbocycles. The summed E-state index contributed by atoms with van der Waals surface area (Å²) in [6, 6.07) is 3.50. The average Bonchev–Trinajstić information content (AvgIpc) is 2.82. The van der Waals surface area contributed by atoms with Crippen molar-refractivity contribution in [3.8, 4) is 0 Å². The van der Waals surface area contributed by atoms with Crippen molar-refractivity contribution in [2.24, 2.45) is 5.92 Å². The fraction of sp³-hybridized carbons (Fsp3) is 0.500. The van der Waals surface area contributed by atoms with Gasteiger partial charge in [-0.25, -0.2) is 8.78 Å². The molecule has 1 fully saturated rings. The Morgan fingerprint density at radius 3 is 2.74 bits per heavy atom. The van der Waals surface area contributed by atoms with Crippen LogP contribution in [0, 0.1) is 17.6 Å². The molecule has 0 aromatic heterocycles. The van der Waals surface area contributed by atoms with Crippen LogP contribution in [0.2, 0.25) is 0 Å². The summed E-state index contributed by atoms with van der Waals surface area (Å²) < 4.78 is 31.6. The first-order chi connectivity index (χ1) is 9.06. The predicted octanol–water partition coefficient (Wildman–Crippen LogP) is 2.17. The van der Waals surface area contributed by atoms with Gasteiger partial charge in [0.25, 0.3) is 0 Å². The minimum absolute atomic E-state index is 0.284. The van der Waals surface area contributed by atoms with Crippen LogP contribution in [0.1, 0.15) is 18.4 Å².